The first-order valence-electron chi connectivity index (χ1n) is 7.68. The van der Waals surface area contributed by atoms with Crippen LogP contribution in [0.3, 0.4) is 0 Å². The van der Waals surface area contributed by atoms with Gasteiger partial charge in [0, 0.05) is 6.42 Å². The van der Waals surface area contributed by atoms with Crippen molar-refractivity contribution >= 4 is 5.78 Å². The summed E-state index contributed by atoms with van der Waals surface area (Å²) in [5.74, 6) is -0.530. The Morgan fingerprint density at radius 2 is 1.70 bits per heavy atom. The molecule has 0 radical (unpaired) electrons. The van der Waals surface area contributed by atoms with E-state index in [9.17, 15) is 10.1 Å². The summed E-state index contributed by atoms with van der Waals surface area (Å²) in [5, 5.41) is 9.22. The summed E-state index contributed by atoms with van der Waals surface area (Å²) in [5.41, 5.74) is 1.97. The molecule has 0 bridgehead atoms. The largest absolute Gasteiger partial charge is 0.298 e. The minimum Gasteiger partial charge on any atom is -0.298 e. The molecule has 0 amide bonds. The van der Waals surface area contributed by atoms with Gasteiger partial charge in [0.25, 0.3) is 0 Å². The fraction of sp³-hybridized carbons (Fsp3) is 0.556. The van der Waals surface area contributed by atoms with Crippen molar-refractivity contribution in [1.82, 2.24) is 0 Å². The molecule has 1 unspecified atom stereocenters. The lowest BCUT2D eigenvalue weighted by Crippen LogP contribution is -2.10. The van der Waals surface area contributed by atoms with Crippen molar-refractivity contribution in [2.24, 2.45) is 0 Å². The van der Waals surface area contributed by atoms with E-state index in [4.69, 9.17) is 0 Å². The quantitative estimate of drug-likeness (QED) is 0.598. The summed E-state index contributed by atoms with van der Waals surface area (Å²) in [7, 11) is 0. The van der Waals surface area contributed by atoms with E-state index in [0.717, 1.165) is 24.0 Å². The zero-order chi connectivity index (χ0) is 14.8. The topological polar surface area (TPSA) is 40.9 Å². The molecule has 0 aromatic heterocycles. The van der Waals surface area contributed by atoms with Gasteiger partial charge in [-0.2, -0.15) is 5.26 Å². The van der Waals surface area contributed by atoms with Crippen LogP contribution in [0.2, 0.25) is 0 Å². The molecule has 0 spiro atoms. The van der Waals surface area contributed by atoms with E-state index in [0.29, 0.717) is 6.42 Å². The van der Waals surface area contributed by atoms with Crippen LogP contribution in [-0.4, -0.2) is 5.78 Å². The van der Waals surface area contributed by atoms with Gasteiger partial charge in [-0.15, -0.1) is 0 Å². The highest BCUT2D eigenvalue weighted by Gasteiger charge is 2.19. The first kappa shape index (κ1) is 16.4. The summed E-state index contributed by atoms with van der Waals surface area (Å²) >= 11 is 0. The Hall–Kier alpha value is -1.62. The standard InChI is InChI=1S/C18H25NO/c1-3-4-5-6-7-8-9-18(20)17(14-19)16-12-10-15(2)11-13-16/h10-13,17H,3-9H2,1-2H3. The maximum absolute atomic E-state index is 12.1. The summed E-state index contributed by atoms with van der Waals surface area (Å²) in [6.07, 6.45) is 7.50. The van der Waals surface area contributed by atoms with Gasteiger partial charge >= 0.3 is 0 Å². The molecular formula is C18H25NO. The van der Waals surface area contributed by atoms with Crippen molar-refractivity contribution in [1.29, 1.82) is 5.26 Å². The van der Waals surface area contributed by atoms with Crippen LogP contribution in [0.4, 0.5) is 0 Å². The molecule has 0 aliphatic carbocycles. The first-order chi connectivity index (χ1) is 9.69. The van der Waals surface area contributed by atoms with Crippen LogP contribution < -0.4 is 0 Å². The molecule has 20 heavy (non-hydrogen) atoms. The number of nitrogens with zero attached hydrogens (tertiary/aromatic N) is 1. The number of unbranched alkanes of at least 4 members (excludes halogenated alkanes) is 5. The van der Waals surface area contributed by atoms with Gasteiger partial charge < -0.3 is 0 Å². The number of hydrogen-bond donors (Lipinski definition) is 0. The van der Waals surface area contributed by atoms with Crippen LogP contribution in [0.1, 0.15) is 68.9 Å². The average molecular weight is 271 g/mol. The molecule has 0 N–H and O–H groups in total. The molecule has 0 aliphatic rings. The zero-order valence-electron chi connectivity index (χ0n) is 12.7. The molecule has 1 atom stereocenters. The Labute approximate surface area is 122 Å². The lowest BCUT2D eigenvalue weighted by atomic mass is 9.92. The highest BCUT2D eigenvalue weighted by Crippen LogP contribution is 2.20. The fourth-order valence-corrected chi connectivity index (χ4v) is 2.32. The van der Waals surface area contributed by atoms with E-state index in [1.165, 1.54) is 25.7 Å². The van der Waals surface area contributed by atoms with Crippen molar-refractivity contribution in [3.05, 3.63) is 35.4 Å². The highest BCUT2D eigenvalue weighted by atomic mass is 16.1. The number of carbonyl (C=O) groups excluding carboxylic acids is 1. The van der Waals surface area contributed by atoms with Crippen LogP contribution in [0.15, 0.2) is 24.3 Å². The van der Waals surface area contributed by atoms with Gasteiger partial charge in [0.15, 0.2) is 5.78 Å². The van der Waals surface area contributed by atoms with Crippen molar-refractivity contribution in [3.63, 3.8) is 0 Å². The summed E-state index contributed by atoms with van der Waals surface area (Å²) in [4.78, 5) is 12.1. The number of aryl methyl sites for hydroxylation is 1. The normalized spacial score (nSPS) is 11.8. The maximum Gasteiger partial charge on any atom is 0.154 e. The van der Waals surface area contributed by atoms with Gasteiger partial charge in [-0.25, -0.2) is 0 Å². The average Bonchev–Trinajstić information content (AvgIpc) is 2.45. The van der Waals surface area contributed by atoms with Gasteiger partial charge in [0.2, 0.25) is 0 Å². The number of nitriles is 1. The predicted octanol–water partition coefficient (Wildman–Crippen LogP) is 4.92. The summed E-state index contributed by atoms with van der Waals surface area (Å²) < 4.78 is 0. The molecule has 0 fully saturated rings. The molecular weight excluding hydrogens is 246 g/mol. The lowest BCUT2D eigenvalue weighted by molar-refractivity contribution is -0.119. The van der Waals surface area contributed by atoms with Crippen molar-refractivity contribution in [2.75, 3.05) is 0 Å². The Morgan fingerprint density at radius 3 is 2.30 bits per heavy atom. The minimum atomic E-state index is -0.591. The minimum absolute atomic E-state index is 0.0619. The van der Waals surface area contributed by atoms with E-state index in [2.05, 4.69) is 13.0 Å². The summed E-state index contributed by atoms with van der Waals surface area (Å²) in [6, 6.07) is 9.84. The molecule has 2 nitrogen and oxygen atoms in total. The van der Waals surface area contributed by atoms with Crippen LogP contribution in [0, 0.1) is 18.3 Å². The number of Topliss-reactive ketones (excluding diaryl/α,β-unsaturated/α-hetero) is 1. The Kier molecular flexibility index (Phi) is 7.65. The van der Waals surface area contributed by atoms with E-state index < -0.39 is 5.92 Å². The molecule has 1 aromatic rings. The molecule has 0 aliphatic heterocycles. The van der Waals surface area contributed by atoms with Crippen molar-refractivity contribution in [2.45, 2.75) is 64.7 Å². The zero-order valence-corrected chi connectivity index (χ0v) is 12.7. The van der Waals surface area contributed by atoms with E-state index in [1.54, 1.807) is 0 Å². The number of rotatable bonds is 9. The molecule has 0 saturated heterocycles. The third-order valence-electron chi connectivity index (χ3n) is 3.64. The molecule has 108 valence electrons. The Balaban J connectivity index is 2.40. The smallest absolute Gasteiger partial charge is 0.154 e. The van der Waals surface area contributed by atoms with E-state index in [1.807, 2.05) is 31.2 Å². The van der Waals surface area contributed by atoms with Crippen LogP contribution >= 0.6 is 0 Å². The number of hydrogen-bond acceptors (Lipinski definition) is 2. The molecule has 0 saturated carbocycles. The van der Waals surface area contributed by atoms with Gasteiger partial charge in [0.1, 0.15) is 5.92 Å². The Bertz CT molecular complexity index is 441. The monoisotopic (exact) mass is 271 g/mol. The highest BCUT2D eigenvalue weighted by molar-refractivity contribution is 5.88. The number of ketones is 1. The lowest BCUT2D eigenvalue weighted by Gasteiger charge is -2.09. The van der Waals surface area contributed by atoms with Crippen LogP contribution in [-0.2, 0) is 4.79 Å². The fourth-order valence-electron chi connectivity index (χ4n) is 2.32. The summed E-state index contributed by atoms with van der Waals surface area (Å²) in [6.45, 7) is 4.20. The van der Waals surface area contributed by atoms with Crippen LogP contribution in [0.5, 0.6) is 0 Å². The maximum atomic E-state index is 12.1. The van der Waals surface area contributed by atoms with Gasteiger partial charge in [0.05, 0.1) is 6.07 Å². The second kappa shape index (κ2) is 9.31. The van der Waals surface area contributed by atoms with Gasteiger partial charge in [-0.05, 0) is 18.9 Å². The molecule has 1 aromatic carbocycles. The van der Waals surface area contributed by atoms with E-state index in [-0.39, 0.29) is 5.78 Å². The number of benzene rings is 1. The van der Waals surface area contributed by atoms with Gasteiger partial charge in [-0.3, -0.25) is 4.79 Å². The predicted molar refractivity (Wildman–Crippen MR) is 82.5 cm³/mol. The van der Waals surface area contributed by atoms with Crippen molar-refractivity contribution < 1.29 is 4.79 Å². The van der Waals surface area contributed by atoms with Crippen LogP contribution in [0.25, 0.3) is 0 Å². The third-order valence-corrected chi connectivity index (χ3v) is 3.64. The second-order valence-electron chi connectivity index (χ2n) is 5.46. The molecule has 1 rings (SSSR count). The molecule has 0 heterocycles. The SMILES string of the molecule is CCCCCCCCC(=O)C(C#N)c1ccc(C)cc1. The first-order valence-corrected chi connectivity index (χ1v) is 7.68. The van der Waals surface area contributed by atoms with Crippen molar-refractivity contribution in [3.8, 4) is 6.07 Å². The Morgan fingerprint density at radius 1 is 1.10 bits per heavy atom. The van der Waals surface area contributed by atoms with Gasteiger partial charge in [-0.1, -0.05) is 68.9 Å². The molecule has 2 heteroatoms. The third kappa shape index (κ3) is 5.57. The van der Waals surface area contributed by atoms with E-state index >= 15 is 0 Å². The second-order valence-corrected chi connectivity index (χ2v) is 5.46. The number of carbonyl (C=O) groups is 1.